The summed E-state index contributed by atoms with van der Waals surface area (Å²) in [6, 6.07) is 24.4. The van der Waals surface area contributed by atoms with Crippen LogP contribution < -0.4 is 4.90 Å². The Morgan fingerprint density at radius 1 is 0.771 bits per heavy atom. The number of benzene rings is 3. The average molecular weight is 483 g/mol. The molecule has 1 saturated carbocycles. The highest BCUT2D eigenvalue weighted by Gasteiger charge is 2.52. The maximum absolute atomic E-state index is 14.5. The number of imide groups is 1. The van der Waals surface area contributed by atoms with Crippen molar-refractivity contribution in [3.8, 4) is 0 Å². The summed E-state index contributed by atoms with van der Waals surface area (Å²) in [5.74, 6) is -1.18. The van der Waals surface area contributed by atoms with Gasteiger partial charge in [-0.15, -0.1) is 0 Å². The monoisotopic (exact) mass is 482 g/mol. The number of carbonyl (C=O) groups excluding carboxylic acids is 3. The van der Waals surface area contributed by atoms with Crippen molar-refractivity contribution in [3.63, 3.8) is 0 Å². The second kappa shape index (κ2) is 9.00. The van der Waals surface area contributed by atoms with Crippen LogP contribution in [0.15, 0.2) is 88.7 Å². The number of hydrogen-bond acceptors (Lipinski definition) is 4. The summed E-state index contributed by atoms with van der Waals surface area (Å²) in [6.07, 6.45) is 3.66. The van der Waals surface area contributed by atoms with Crippen molar-refractivity contribution in [2.75, 3.05) is 4.90 Å². The number of fused-ring (bicyclic) bond motifs is 3. The number of carbonyl (C=O) groups is 3. The zero-order valence-electron chi connectivity index (χ0n) is 19.3. The van der Waals surface area contributed by atoms with E-state index in [4.69, 9.17) is 0 Å². The molecule has 3 amide bonds. The molecule has 3 aliphatic rings. The Morgan fingerprint density at radius 2 is 1.29 bits per heavy atom. The maximum atomic E-state index is 14.5. The van der Waals surface area contributed by atoms with Gasteiger partial charge < -0.3 is 0 Å². The molecule has 2 heterocycles. The zero-order chi connectivity index (χ0) is 23.9. The van der Waals surface area contributed by atoms with E-state index in [1.807, 2.05) is 78.9 Å². The van der Waals surface area contributed by atoms with Crippen LogP contribution in [0.2, 0.25) is 0 Å². The van der Waals surface area contributed by atoms with Gasteiger partial charge in [0.2, 0.25) is 11.8 Å². The van der Waals surface area contributed by atoms with Crippen LogP contribution in [-0.2, 0) is 20.8 Å². The molecular weight excluding hydrogens is 456 g/mol. The molecule has 3 atom stereocenters. The normalized spacial score (nSPS) is 21.8. The molecule has 5 nitrogen and oxygen atoms in total. The molecule has 6 rings (SSSR count). The van der Waals surface area contributed by atoms with E-state index in [2.05, 4.69) is 0 Å². The minimum Gasteiger partial charge on any atom is -0.277 e. The molecule has 2 fully saturated rings. The van der Waals surface area contributed by atoms with Crippen LogP contribution in [0.1, 0.15) is 31.2 Å². The number of likely N-dealkylation sites (tertiary alicyclic amines) is 1. The Morgan fingerprint density at radius 3 is 1.86 bits per heavy atom. The van der Waals surface area contributed by atoms with E-state index in [1.54, 1.807) is 16.7 Å². The topological polar surface area (TPSA) is 57.7 Å². The van der Waals surface area contributed by atoms with Gasteiger partial charge >= 0.3 is 0 Å². The lowest BCUT2D eigenvalue weighted by Crippen LogP contribution is -2.52. The van der Waals surface area contributed by atoms with E-state index < -0.39 is 6.04 Å². The van der Waals surface area contributed by atoms with Gasteiger partial charge in [-0.3, -0.25) is 24.2 Å². The lowest BCUT2D eigenvalue weighted by molar-refractivity contribution is -0.147. The molecule has 6 heteroatoms. The minimum absolute atomic E-state index is 0.179. The molecule has 0 unspecified atom stereocenters. The SMILES string of the molecule is O=C([C@H](Cc1ccccc1)N1C(=O)[C@H]2CCCC[C@H]2C1=O)N1c2ccccc2Sc2ccccc21. The number of hydrogen-bond donors (Lipinski definition) is 0. The van der Waals surface area contributed by atoms with Crippen molar-refractivity contribution in [3.05, 3.63) is 84.4 Å². The number of nitrogens with zero attached hydrogens (tertiary/aromatic N) is 2. The second-order valence-corrected chi connectivity index (χ2v) is 10.5. The average Bonchev–Trinajstić information content (AvgIpc) is 3.15. The Balaban J connectivity index is 1.45. The highest BCUT2D eigenvalue weighted by atomic mass is 32.2. The van der Waals surface area contributed by atoms with E-state index in [0.717, 1.165) is 52.4 Å². The molecule has 1 aliphatic carbocycles. The van der Waals surface area contributed by atoms with Crippen molar-refractivity contribution in [1.82, 2.24) is 4.90 Å². The van der Waals surface area contributed by atoms with E-state index in [-0.39, 0.29) is 29.6 Å². The number of rotatable bonds is 4. The highest BCUT2D eigenvalue weighted by Crippen LogP contribution is 2.49. The van der Waals surface area contributed by atoms with Gasteiger partial charge in [-0.2, -0.15) is 0 Å². The molecule has 2 aliphatic heterocycles. The molecular formula is C29H26N2O3S. The Hall–Kier alpha value is -3.38. The minimum atomic E-state index is -0.896. The quantitative estimate of drug-likeness (QED) is 0.454. The van der Waals surface area contributed by atoms with Gasteiger partial charge in [-0.25, -0.2) is 0 Å². The third-order valence-electron chi connectivity index (χ3n) is 7.40. The van der Waals surface area contributed by atoms with Crippen molar-refractivity contribution < 1.29 is 14.4 Å². The highest BCUT2D eigenvalue weighted by molar-refractivity contribution is 7.99. The molecule has 3 aromatic rings. The predicted molar refractivity (Wildman–Crippen MR) is 135 cm³/mol. The summed E-state index contributed by atoms with van der Waals surface area (Å²) in [6.45, 7) is 0. The largest absolute Gasteiger partial charge is 0.277 e. The van der Waals surface area contributed by atoms with Crippen LogP contribution in [-0.4, -0.2) is 28.7 Å². The van der Waals surface area contributed by atoms with E-state index in [1.165, 1.54) is 4.90 Å². The van der Waals surface area contributed by atoms with Gasteiger partial charge in [0.25, 0.3) is 5.91 Å². The van der Waals surface area contributed by atoms with E-state index in [0.29, 0.717) is 6.42 Å². The van der Waals surface area contributed by atoms with Crippen LogP contribution in [0.4, 0.5) is 11.4 Å². The predicted octanol–water partition coefficient (Wildman–Crippen LogP) is 5.60. The second-order valence-electron chi connectivity index (χ2n) is 9.46. The van der Waals surface area contributed by atoms with E-state index >= 15 is 0 Å². The standard InChI is InChI=1S/C29H26N2O3S/c32-27-20-12-4-5-13-21(20)28(33)31(27)24(18-19-10-2-1-3-11-19)29(34)30-22-14-6-8-16-25(22)35-26-17-9-7-15-23(26)30/h1-3,6-11,14-17,20-21,24H,4-5,12-13,18H2/t20-,21+,24-/m0/s1. The molecule has 3 aromatic carbocycles. The van der Waals surface area contributed by atoms with Crippen molar-refractivity contribution in [2.24, 2.45) is 11.8 Å². The van der Waals surface area contributed by atoms with Gasteiger partial charge in [0.15, 0.2) is 0 Å². The van der Waals surface area contributed by atoms with Gasteiger partial charge in [-0.05, 0) is 42.7 Å². The summed E-state index contributed by atoms with van der Waals surface area (Å²) in [5.41, 5.74) is 2.50. The molecule has 0 N–H and O–H groups in total. The molecule has 35 heavy (non-hydrogen) atoms. The number of para-hydroxylation sites is 2. The molecule has 176 valence electrons. The zero-order valence-corrected chi connectivity index (χ0v) is 20.1. The molecule has 1 saturated heterocycles. The third-order valence-corrected chi connectivity index (χ3v) is 8.53. The summed E-state index contributed by atoms with van der Waals surface area (Å²) >= 11 is 1.63. The fourth-order valence-corrected chi connectivity index (χ4v) is 6.77. The van der Waals surface area contributed by atoms with E-state index in [9.17, 15) is 14.4 Å². The molecule has 0 aromatic heterocycles. The first kappa shape index (κ1) is 22.1. The molecule has 0 spiro atoms. The Labute approximate surface area is 209 Å². The molecule has 0 radical (unpaired) electrons. The fourth-order valence-electron chi connectivity index (χ4n) is 5.71. The van der Waals surface area contributed by atoms with Crippen LogP contribution in [0.25, 0.3) is 0 Å². The van der Waals surface area contributed by atoms with Crippen molar-refractivity contribution in [1.29, 1.82) is 0 Å². The van der Waals surface area contributed by atoms with Crippen LogP contribution in [0.3, 0.4) is 0 Å². The first-order valence-electron chi connectivity index (χ1n) is 12.2. The lowest BCUT2D eigenvalue weighted by atomic mass is 9.81. The summed E-state index contributed by atoms with van der Waals surface area (Å²) in [5, 5.41) is 0. The van der Waals surface area contributed by atoms with Gasteiger partial charge in [-0.1, -0.05) is 79.2 Å². The van der Waals surface area contributed by atoms with Crippen molar-refractivity contribution in [2.45, 2.75) is 47.9 Å². The van der Waals surface area contributed by atoms with Crippen molar-refractivity contribution >= 4 is 40.9 Å². The van der Waals surface area contributed by atoms with Gasteiger partial charge in [0.05, 0.1) is 23.2 Å². The van der Waals surface area contributed by atoms with Gasteiger partial charge in [0.1, 0.15) is 6.04 Å². The number of anilines is 2. The smallest absolute Gasteiger partial charge is 0.255 e. The number of amides is 3. The summed E-state index contributed by atoms with van der Waals surface area (Å²) in [4.78, 5) is 46.7. The first-order chi connectivity index (χ1) is 17.1. The van der Waals surface area contributed by atoms with Gasteiger partial charge in [0, 0.05) is 16.2 Å². The Kier molecular flexibility index (Phi) is 5.69. The summed E-state index contributed by atoms with van der Waals surface area (Å²) in [7, 11) is 0. The first-order valence-corrected chi connectivity index (χ1v) is 13.1. The maximum Gasteiger partial charge on any atom is 0.255 e. The fraction of sp³-hybridized carbons (Fsp3) is 0.276. The van der Waals surface area contributed by atoms with Crippen LogP contribution >= 0.6 is 11.8 Å². The summed E-state index contributed by atoms with van der Waals surface area (Å²) < 4.78 is 0. The lowest BCUT2D eigenvalue weighted by Gasteiger charge is -2.36. The third kappa shape index (κ3) is 3.76. The molecule has 0 bridgehead atoms. The Bertz CT molecular complexity index is 1240. The van der Waals surface area contributed by atoms with Crippen LogP contribution in [0, 0.1) is 11.8 Å². The van der Waals surface area contributed by atoms with Crippen LogP contribution in [0.5, 0.6) is 0 Å².